The van der Waals surface area contributed by atoms with E-state index in [2.05, 4.69) is 10.6 Å². The molecule has 2 aliphatic heterocycles. The Bertz CT molecular complexity index is 636. The van der Waals surface area contributed by atoms with E-state index in [4.69, 9.17) is 0 Å². The number of carbonyl (C=O) groups is 2. The Balaban J connectivity index is 1.62. The molecule has 3 aliphatic rings. The maximum absolute atomic E-state index is 13.2. The van der Waals surface area contributed by atoms with Crippen molar-refractivity contribution < 1.29 is 18.0 Å². The van der Waals surface area contributed by atoms with Crippen LogP contribution in [0.2, 0.25) is 0 Å². The van der Waals surface area contributed by atoms with Gasteiger partial charge in [-0.25, -0.2) is 8.42 Å². The number of fused-ring (bicyclic) bond motifs is 1. The minimum absolute atomic E-state index is 0.00867. The molecule has 2 heterocycles. The van der Waals surface area contributed by atoms with Crippen LogP contribution in [0.4, 0.5) is 0 Å². The lowest BCUT2D eigenvalue weighted by atomic mass is 9.67. The Morgan fingerprint density at radius 3 is 2.76 bits per heavy atom. The lowest BCUT2D eigenvalue weighted by Crippen LogP contribution is -2.52. The van der Waals surface area contributed by atoms with Gasteiger partial charge in [0, 0.05) is 19.1 Å². The van der Waals surface area contributed by atoms with Gasteiger partial charge in [0.2, 0.25) is 11.8 Å². The molecule has 3 atom stereocenters. The number of amides is 2. The molecular formula is C17H29N3O4S. The van der Waals surface area contributed by atoms with Crippen molar-refractivity contribution in [3.05, 3.63) is 0 Å². The van der Waals surface area contributed by atoms with Crippen molar-refractivity contribution in [2.45, 2.75) is 45.1 Å². The molecule has 1 saturated carbocycles. The summed E-state index contributed by atoms with van der Waals surface area (Å²) in [4.78, 5) is 27.2. The third-order valence-corrected chi connectivity index (χ3v) is 7.83. The predicted molar refractivity (Wildman–Crippen MR) is 94.7 cm³/mol. The smallest absolute Gasteiger partial charge is 0.239 e. The quantitative estimate of drug-likeness (QED) is 0.705. The first-order chi connectivity index (χ1) is 11.9. The maximum atomic E-state index is 13.2. The van der Waals surface area contributed by atoms with E-state index in [1.807, 2.05) is 6.92 Å². The van der Waals surface area contributed by atoms with Crippen molar-refractivity contribution in [3.63, 3.8) is 0 Å². The minimum atomic E-state index is -3.02. The fraction of sp³-hybridized carbons (Fsp3) is 0.882. The standard InChI is InChI=1S/C17H29N3O4S/c1-2-20(10-15(21)19-14-6-8-25(23,24)11-14)16(22)17-7-4-3-5-13(17)9-18-12-17/h13-14,18H,2-12H2,1H3,(H,19,21)/t13-,14?,17+/m0/s1. The van der Waals surface area contributed by atoms with Crippen LogP contribution in [-0.4, -0.2) is 68.9 Å². The van der Waals surface area contributed by atoms with Gasteiger partial charge in [0.25, 0.3) is 0 Å². The van der Waals surface area contributed by atoms with E-state index in [1.54, 1.807) is 4.90 Å². The summed E-state index contributed by atoms with van der Waals surface area (Å²) in [6, 6.07) is -0.319. The van der Waals surface area contributed by atoms with Crippen LogP contribution in [0.5, 0.6) is 0 Å². The van der Waals surface area contributed by atoms with Crippen LogP contribution in [0.25, 0.3) is 0 Å². The van der Waals surface area contributed by atoms with Gasteiger partial charge in [0.15, 0.2) is 9.84 Å². The summed E-state index contributed by atoms with van der Waals surface area (Å²) >= 11 is 0. The van der Waals surface area contributed by atoms with Gasteiger partial charge < -0.3 is 15.5 Å². The Kier molecular flexibility index (Phi) is 5.39. The lowest BCUT2D eigenvalue weighted by molar-refractivity contribution is -0.147. The largest absolute Gasteiger partial charge is 0.351 e. The highest BCUT2D eigenvalue weighted by atomic mass is 32.2. The monoisotopic (exact) mass is 371 g/mol. The zero-order valence-electron chi connectivity index (χ0n) is 14.9. The maximum Gasteiger partial charge on any atom is 0.239 e. The molecule has 2 amide bonds. The van der Waals surface area contributed by atoms with Gasteiger partial charge in [0.1, 0.15) is 0 Å². The summed E-state index contributed by atoms with van der Waals surface area (Å²) in [6.45, 7) is 3.98. The Labute approximate surface area is 149 Å². The third kappa shape index (κ3) is 3.84. The van der Waals surface area contributed by atoms with Crippen molar-refractivity contribution in [3.8, 4) is 0 Å². The van der Waals surface area contributed by atoms with Crippen molar-refractivity contribution >= 4 is 21.7 Å². The molecule has 8 heteroatoms. The van der Waals surface area contributed by atoms with Crippen molar-refractivity contribution in [2.75, 3.05) is 37.7 Å². The molecule has 0 radical (unpaired) electrons. The number of carbonyl (C=O) groups excluding carboxylic acids is 2. The highest BCUT2D eigenvalue weighted by Crippen LogP contribution is 2.45. The van der Waals surface area contributed by atoms with E-state index < -0.39 is 9.84 Å². The molecule has 1 unspecified atom stereocenters. The zero-order chi connectivity index (χ0) is 18.1. The highest BCUT2D eigenvalue weighted by molar-refractivity contribution is 7.91. The van der Waals surface area contributed by atoms with Gasteiger partial charge in [-0.05, 0) is 38.6 Å². The molecule has 0 bridgehead atoms. The van der Waals surface area contributed by atoms with Crippen molar-refractivity contribution in [1.29, 1.82) is 0 Å². The first-order valence-electron chi connectivity index (χ1n) is 9.36. The molecule has 2 N–H and O–H groups in total. The summed E-state index contributed by atoms with van der Waals surface area (Å²) in [5.41, 5.74) is -0.356. The van der Waals surface area contributed by atoms with Crippen molar-refractivity contribution in [2.24, 2.45) is 11.3 Å². The summed E-state index contributed by atoms with van der Waals surface area (Å²) in [7, 11) is -3.02. The third-order valence-electron chi connectivity index (χ3n) is 6.07. The average Bonchev–Trinajstić information content (AvgIpc) is 3.15. The normalized spacial score (nSPS) is 33.6. The van der Waals surface area contributed by atoms with Crippen LogP contribution in [-0.2, 0) is 19.4 Å². The van der Waals surface area contributed by atoms with Crippen LogP contribution in [0.3, 0.4) is 0 Å². The van der Waals surface area contributed by atoms with E-state index in [0.29, 0.717) is 25.4 Å². The molecule has 1 aliphatic carbocycles. The molecule has 2 saturated heterocycles. The Morgan fingerprint density at radius 2 is 2.08 bits per heavy atom. The highest BCUT2D eigenvalue weighted by Gasteiger charge is 2.51. The van der Waals surface area contributed by atoms with Crippen LogP contribution in [0.15, 0.2) is 0 Å². The second-order valence-electron chi connectivity index (χ2n) is 7.72. The van der Waals surface area contributed by atoms with E-state index in [1.165, 1.54) is 6.42 Å². The summed E-state index contributed by atoms with van der Waals surface area (Å²) < 4.78 is 23.0. The minimum Gasteiger partial charge on any atom is -0.351 e. The lowest BCUT2D eigenvalue weighted by Gasteiger charge is -2.40. The zero-order valence-corrected chi connectivity index (χ0v) is 15.7. The molecule has 0 aromatic rings. The fourth-order valence-electron chi connectivity index (χ4n) is 4.67. The molecule has 0 aromatic carbocycles. The van der Waals surface area contributed by atoms with E-state index in [-0.39, 0.29) is 41.3 Å². The predicted octanol–water partition coefficient (Wildman–Crippen LogP) is -0.0820. The first-order valence-corrected chi connectivity index (χ1v) is 11.2. The van der Waals surface area contributed by atoms with Gasteiger partial charge in [-0.3, -0.25) is 9.59 Å². The van der Waals surface area contributed by atoms with E-state index >= 15 is 0 Å². The number of hydrogen-bond acceptors (Lipinski definition) is 5. The SMILES string of the molecule is CCN(CC(=O)NC1CCS(=O)(=O)C1)C(=O)[C@@]12CCCC[C@H]1CNC2. The van der Waals surface area contributed by atoms with Crippen LogP contribution >= 0.6 is 0 Å². The number of nitrogens with one attached hydrogen (secondary N) is 2. The molecule has 0 aromatic heterocycles. The summed E-state index contributed by atoms with van der Waals surface area (Å²) in [6.07, 6.45) is 4.66. The Hall–Kier alpha value is -1.15. The fourth-order valence-corrected chi connectivity index (χ4v) is 6.34. The summed E-state index contributed by atoms with van der Waals surface area (Å²) in [5, 5.41) is 6.16. The number of hydrogen-bond donors (Lipinski definition) is 2. The van der Waals surface area contributed by atoms with Crippen LogP contribution < -0.4 is 10.6 Å². The van der Waals surface area contributed by atoms with Gasteiger partial charge in [-0.15, -0.1) is 0 Å². The topological polar surface area (TPSA) is 95.6 Å². The van der Waals surface area contributed by atoms with Gasteiger partial charge in [0.05, 0.1) is 23.5 Å². The summed E-state index contributed by atoms with van der Waals surface area (Å²) in [5.74, 6) is 0.330. The Morgan fingerprint density at radius 1 is 1.28 bits per heavy atom. The number of sulfone groups is 1. The molecule has 3 fully saturated rings. The molecule has 3 rings (SSSR count). The molecule has 0 spiro atoms. The average molecular weight is 372 g/mol. The number of likely N-dealkylation sites (N-methyl/N-ethyl adjacent to an activating group) is 1. The number of nitrogens with zero attached hydrogens (tertiary/aromatic N) is 1. The van der Waals surface area contributed by atoms with Gasteiger partial charge in [-0.2, -0.15) is 0 Å². The molecule has 25 heavy (non-hydrogen) atoms. The van der Waals surface area contributed by atoms with Crippen LogP contribution in [0.1, 0.15) is 39.0 Å². The van der Waals surface area contributed by atoms with Crippen molar-refractivity contribution in [1.82, 2.24) is 15.5 Å². The van der Waals surface area contributed by atoms with Gasteiger partial charge >= 0.3 is 0 Å². The molecule has 7 nitrogen and oxygen atoms in total. The van der Waals surface area contributed by atoms with E-state index in [0.717, 1.165) is 25.8 Å². The van der Waals surface area contributed by atoms with Gasteiger partial charge in [-0.1, -0.05) is 12.8 Å². The van der Waals surface area contributed by atoms with E-state index in [9.17, 15) is 18.0 Å². The second kappa shape index (κ2) is 7.23. The molecular weight excluding hydrogens is 342 g/mol. The second-order valence-corrected chi connectivity index (χ2v) is 9.95. The molecule has 142 valence electrons. The first kappa shape index (κ1) is 18.6. The van der Waals surface area contributed by atoms with Crippen LogP contribution in [0, 0.1) is 11.3 Å². The number of rotatable bonds is 5.